The molecule has 0 heterocycles. The summed E-state index contributed by atoms with van der Waals surface area (Å²) in [4.78, 5) is 74.0. The average Bonchev–Trinajstić information content (AvgIpc) is 2.57. The second-order valence-corrected chi connectivity index (χ2v) is 13.6. The zero-order chi connectivity index (χ0) is 27.0. The van der Waals surface area contributed by atoms with Crippen LogP contribution in [0, 0.1) is 0 Å². The molecule has 0 rings (SSSR count). The van der Waals surface area contributed by atoms with Gasteiger partial charge in [0.15, 0.2) is 12.2 Å². The van der Waals surface area contributed by atoms with Crippen LogP contribution < -0.4 is 5.32 Å². The third kappa shape index (κ3) is 12.1. The summed E-state index contributed by atoms with van der Waals surface area (Å²) in [5, 5.41) is 33.9. The van der Waals surface area contributed by atoms with Gasteiger partial charge in [0, 0.05) is 0 Å². The minimum Gasteiger partial charge on any atom is -0.479 e. The maximum Gasteiger partial charge on any atom is 0.359 e. The molecule has 0 spiro atoms. The first kappa shape index (κ1) is 34.6. The first-order valence-electron chi connectivity index (χ1n) is 8.18. The number of aliphatic hydroxyl groups is 2. The van der Waals surface area contributed by atoms with Gasteiger partial charge in [0.1, 0.15) is 0 Å². The molecule has 0 aromatic heterocycles. The summed E-state index contributed by atoms with van der Waals surface area (Å²) in [6.45, 7) is 1.88. The van der Waals surface area contributed by atoms with E-state index >= 15 is 0 Å². The van der Waals surface area contributed by atoms with Gasteiger partial charge in [0.25, 0.3) is 0 Å². The van der Waals surface area contributed by atoms with Crippen LogP contribution in [0.3, 0.4) is 0 Å². The Kier molecular flexibility index (Phi) is 14.1. The summed E-state index contributed by atoms with van der Waals surface area (Å²) >= 11 is 0. The minimum atomic E-state index is -5.58. The Labute approximate surface area is 185 Å². The molecule has 0 amide bonds. The molecule has 0 aromatic carbocycles. The van der Waals surface area contributed by atoms with Crippen molar-refractivity contribution in [3.05, 3.63) is 0 Å². The summed E-state index contributed by atoms with van der Waals surface area (Å²) in [5.41, 5.74) is -5.68. The van der Waals surface area contributed by atoms with Crippen molar-refractivity contribution in [2.75, 3.05) is 13.2 Å². The van der Waals surface area contributed by atoms with Gasteiger partial charge in [-0.1, -0.05) is 0 Å². The predicted molar refractivity (Wildman–Crippen MR) is 105 cm³/mol. The summed E-state index contributed by atoms with van der Waals surface area (Å²) in [6.07, 6.45) is -4.53. The highest BCUT2D eigenvalue weighted by atomic mass is 31.2. The lowest BCUT2D eigenvalue weighted by atomic mass is 10.2. The highest BCUT2D eigenvalue weighted by molar-refractivity contribution is 7.73. The van der Waals surface area contributed by atoms with Gasteiger partial charge in [0.05, 0.1) is 13.2 Å². The van der Waals surface area contributed by atoms with E-state index in [-0.39, 0.29) is 13.2 Å². The lowest BCUT2D eigenvalue weighted by molar-refractivity contribution is -0.165. The Morgan fingerprint density at radius 3 is 1.15 bits per heavy atom. The Balaban J connectivity index is 0. The second kappa shape index (κ2) is 13.5. The first-order chi connectivity index (χ1) is 14.6. The molecule has 0 saturated heterocycles. The average molecular weight is 571 g/mol. The monoisotopic (exact) mass is 571 g/mol. The van der Waals surface area contributed by atoms with Gasteiger partial charge in [-0.15, -0.1) is 0 Å². The molecule has 0 aliphatic carbocycles. The predicted octanol–water partition coefficient (Wildman–Crippen LogP) is -2.18. The van der Waals surface area contributed by atoms with Gasteiger partial charge < -0.3 is 58.8 Å². The number of carboxylic acids is 2. The third-order valence-electron chi connectivity index (χ3n) is 2.98. The standard InChI is InChI=1S/C6H19NO12P4.C4H6O6/c1-3-18-23(17,19-4-2)6(22(14,15)16)7-5(20(8,9)10)21(11,12)13;5-1(3(7)8)2(6)4(9)10/h5-7H,3-4H2,1-2H3,(H2,8,9,10)(H2,11,12,13)(H2,14,15,16);1-2,5-6H,(H,7,8)(H,9,10). The van der Waals surface area contributed by atoms with Crippen molar-refractivity contribution >= 4 is 42.3 Å². The molecule has 0 fully saturated rings. The highest BCUT2D eigenvalue weighted by Gasteiger charge is 2.54. The summed E-state index contributed by atoms with van der Waals surface area (Å²) in [5.74, 6) is -3.54. The highest BCUT2D eigenvalue weighted by Crippen LogP contribution is 2.67. The van der Waals surface area contributed by atoms with Crippen LogP contribution in [0.1, 0.15) is 13.8 Å². The van der Waals surface area contributed by atoms with E-state index in [1.165, 1.54) is 19.2 Å². The van der Waals surface area contributed by atoms with E-state index in [2.05, 4.69) is 9.05 Å². The molecule has 0 aliphatic heterocycles. The van der Waals surface area contributed by atoms with E-state index in [4.69, 9.17) is 40.0 Å². The van der Waals surface area contributed by atoms with Crippen molar-refractivity contribution in [2.45, 2.75) is 37.1 Å². The van der Waals surface area contributed by atoms with E-state index in [1.54, 1.807) is 0 Å². The Hall–Kier alpha value is -0.580. The van der Waals surface area contributed by atoms with Crippen LogP contribution in [-0.4, -0.2) is 98.2 Å². The van der Waals surface area contributed by atoms with E-state index < -0.39 is 65.6 Å². The fourth-order valence-electron chi connectivity index (χ4n) is 1.70. The van der Waals surface area contributed by atoms with Crippen LogP contribution in [0.25, 0.3) is 0 Å². The number of carboxylic acid groups (broad SMARTS) is 2. The van der Waals surface area contributed by atoms with Gasteiger partial charge in [0.2, 0.25) is 11.0 Å². The van der Waals surface area contributed by atoms with Crippen molar-refractivity contribution in [3.63, 3.8) is 0 Å². The third-order valence-corrected chi connectivity index (χ3v) is 10.9. The number of aliphatic carboxylic acids is 2. The Morgan fingerprint density at radius 1 is 0.697 bits per heavy atom. The zero-order valence-corrected chi connectivity index (χ0v) is 20.3. The van der Waals surface area contributed by atoms with Crippen LogP contribution >= 0.6 is 30.4 Å². The van der Waals surface area contributed by atoms with Crippen molar-refractivity contribution < 1.29 is 86.7 Å². The fraction of sp³-hybridized carbons (Fsp3) is 0.800. The molecule has 3 atom stereocenters. The van der Waals surface area contributed by atoms with Crippen LogP contribution in [0.5, 0.6) is 0 Å². The molecule has 23 heteroatoms. The molecular formula is C10H25NO18P4. The molecule has 19 nitrogen and oxygen atoms in total. The summed E-state index contributed by atoms with van der Waals surface area (Å²) in [6, 6.07) is 0. The van der Waals surface area contributed by atoms with E-state index in [1.807, 2.05) is 0 Å². The molecule has 11 N–H and O–H groups in total. The van der Waals surface area contributed by atoms with Crippen LogP contribution in [0.2, 0.25) is 0 Å². The molecule has 0 aliphatic rings. The number of nitrogens with one attached hydrogen (secondary N) is 1. The molecule has 33 heavy (non-hydrogen) atoms. The maximum atomic E-state index is 12.4. The molecule has 3 unspecified atom stereocenters. The maximum absolute atomic E-state index is 12.4. The van der Waals surface area contributed by atoms with Crippen LogP contribution in [0.4, 0.5) is 0 Å². The number of aliphatic hydroxyl groups excluding tert-OH is 2. The lowest BCUT2D eigenvalue weighted by Gasteiger charge is -2.31. The number of rotatable bonds is 13. The summed E-state index contributed by atoms with van der Waals surface area (Å²) in [7, 11) is -21.3. The zero-order valence-electron chi connectivity index (χ0n) is 16.8. The lowest BCUT2D eigenvalue weighted by Crippen LogP contribution is -2.39. The van der Waals surface area contributed by atoms with E-state index in [0.717, 1.165) is 0 Å². The van der Waals surface area contributed by atoms with Crippen molar-refractivity contribution in [3.8, 4) is 0 Å². The number of hydrogen-bond acceptors (Lipinski definition) is 11. The van der Waals surface area contributed by atoms with Crippen LogP contribution in [-0.2, 0) is 36.9 Å². The van der Waals surface area contributed by atoms with Crippen molar-refractivity contribution in [1.29, 1.82) is 0 Å². The van der Waals surface area contributed by atoms with Gasteiger partial charge >= 0.3 is 42.3 Å². The second-order valence-electron chi connectivity index (χ2n) is 5.62. The largest absolute Gasteiger partial charge is 0.479 e. The van der Waals surface area contributed by atoms with Gasteiger partial charge in [-0.25, -0.2) is 9.59 Å². The van der Waals surface area contributed by atoms with E-state index in [9.17, 15) is 37.6 Å². The van der Waals surface area contributed by atoms with Crippen molar-refractivity contribution in [2.24, 2.45) is 0 Å². The molecule has 198 valence electrons. The fourth-order valence-corrected chi connectivity index (χ4v) is 8.05. The van der Waals surface area contributed by atoms with Crippen molar-refractivity contribution in [1.82, 2.24) is 5.32 Å². The van der Waals surface area contributed by atoms with E-state index in [0.29, 0.717) is 0 Å². The quantitative estimate of drug-likeness (QED) is 0.105. The molecule has 0 radical (unpaired) electrons. The van der Waals surface area contributed by atoms with Crippen LogP contribution in [0.15, 0.2) is 0 Å². The van der Waals surface area contributed by atoms with Gasteiger partial charge in [-0.05, 0) is 13.8 Å². The summed E-state index contributed by atoms with van der Waals surface area (Å²) < 4.78 is 55.7. The molecule has 0 bridgehead atoms. The Morgan fingerprint density at radius 2 is 0.970 bits per heavy atom. The SMILES string of the molecule is CCOP(=O)(OCC)C(NC(P(=O)(O)O)P(=O)(O)O)P(=O)(O)O.O=C(O)C(O)C(O)C(=O)O. The minimum absolute atomic E-state index is 0.355. The normalized spacial score (nSPS) is 15.8. The topological polar surface area (TPSA) is 335 Å². The molecule has 0 aromatic rings. The van der Waals surface area contributed by atoms with Gasteiger partial charge in [-0.2, -0.15) is 0 Å². The molecule has 0 saturated carbocycles. The number of carbonyl (C=O) groups is 2. The smallest absolute Gasteiger partial charge is 0.359 e. The van der Waals surface area contributed by atoms with Gasteiger partial charge in [-0.3, -0.25) is 23.6 Å². The molecular weight excluding hydrogens is 546 g/mol. The Bertz CT molecular complexity index is 793. The number of hydrogen-bond donors (Lipinski definition) is 11. The first-order valence-corrected chi connectivity index (χ1v) is 14.8.